The Hall–Kier alpha value is -3.27. The van der Waals surface area contributed by atoms with Gasteiger partial charge < -0.3 is 15.5 Å². The fourth-order valence-electron chi connectivity index (χ4n) is 4.29. The summed E-state index contributed by atoms with van der Waals surface area (Å²) in [5, 5.41) is 6.66. The number of amides is 2. The molecule has 1 saturated carbocycles. The summed E-state index contributed by atoms with van der Waals surface area (Å²) in [7, 11) is 0. The number of hydrogen-bond donors (Lipinski definition) is 2. The molecular weight excluding hydrogens is 452 g/mol. The van der Waals surface area contributed by atoms with Crippen LogP contribution in [0.4, 0.5) is 10.8 Å². The number of anilines is 2. The third-order valence-electron chi connectivity index (χ3n) is 6.33. The van der Waals surface area contributed by atoms with E-state index < -0.39 is 0 Å². The first-order valence-corrected chi connectivity index (χ1v) is 12.5. The van der Waals surface area contributed by atoms with Crippen molar-refractivity contribution in [3.63, 3.8) is 0 Å². The van der Waals surface area contributed by atoms with Crippen LogP contribution in [0, 0.1) is 19.8 Å². The Labute approximate surface area is 201 Å². The number of nitrogens with one attached hydrogen (secondary N) is 2. The molecule has 5 rings (SSSR count). The van der Waals surface area contributed by atoms with Crippen molar-refractivity contribution in [2.45, 2.75) is 52.1 Å². The zero-order valence-corrected chi connectivity index (χ0v) is 20.2. The SMILES string of the molecule is Cc1ccc(NC(=O)Cn2cnc3nc(N4CCC[C@H](C(=O)NC5CC5)C4)sc3c2=O)c(C)c1. The molecule has 1 aliphatic carbocycles. The highest BCUT2D eigenvalue weighted by molar-refractivity contribution is 7.22. The topological polar surface area (TPSA) is 109 Å². The highest BCUT2D eigenvalue weighted by Gasteiger charge is 2.31. The number of nitrogens with zero attached hydrogens (tertiary/aromatic N) is 4. The van der Waals surface area contributed by atoms with Gasteiger partial charge in [-0.25, -0.2) is 4.98 Å². The molecule has 1 aromatic carbocycles. The van der Waals surface area contributed by atoms with Gasteiger partial charge in [0.15, 0.2) is 10.8 Å². The van der Waals surface area contributed by atoms with Crippen molar-refractivity contribution in [3.8, 4) is 0 Å². The summed E-state index contributed by atoms with van der Waals surface area (Å²) in [5.74, 6) is -0.246. The van der Waals surface area contributed by atoms with Crippen molar-refractivity contribution in [3.05, 3.63) is 46.0 Å². The molecule has 2 N–H and O–H groups in total. The van der Waals surface area contributed by atoms with Crippen LogP contribution >= 0.6 is 11.3 Å². The molecule has 0 unspecified atom stereocenters. The van der Waals surface area contributed by atoms with Crippen molar-refractivity contribution in [2.24, 2.45) is 5.92 Å². The van der Waals surface area contributed by atoms with Gasteiger partial charge >= 0.3 is 0 Å². The van der Waals surface area contributed by atoms with Crippen molar-refractivity contribution in [1.82, 2.24) is 19.9 Å². The summed E-state index contributed by atoms with van der Waals surface area (Å²) >= 11 is 1.28. The number of hydrogen-bond acceptors (Lipinski definition) is 7. The summed E-state index contributed by atoms with van der Waals surface area (Å²) in [6, 6.07) is 6.14. The predicted octanol–water partition coefficient (Wildman–Crippen LogP) is 2.60. The smallest absolute Gasteiger partial charge is 0.273 e. The summed E-state index contributed by atoms with van der Waals surface area (Å²) in [5.41, 5.74) is 2.89. The number of thiazole rings is 1. The molecule has 178 valence electrons. The van der Waals surface area contributed by atoms with E-state index in [-0.39, 0.29) is 29.8 Å². The Bertz CT molecular complexity index is 1310. The van der Waals surface area contributed by atoms with E-state index in [0.29, 0.717) is 28.1 Å². The van der Waals surface area contributed by atoms with Crippen LogP contribution in [0.2, 0.25) is 0 Å². The number of carbonyl (C=O) groups excluding carboxylic acids is 2. The van der Waals surface area contributed by atoms with Gasteiger partial charge in [-0.3, -0.25) is 19.0 Å². The minimum Gasteiger partial charge on any atom is -0.353 e. The number of benzene rings is 1. The fraction of sp³-hybridized carbons (Fsp3) is 0.458. The molecule has 1 saturated heterocycles. The number of aromatic nitrogens is 3. The van der Waals surface area contributed by atoms with Crippen molar-refractivity contribution < 1.29 is 9.59 Å². The average molecular weight is 481 g/mol. The second-order valence-electron chi connectivity index (χ2n) is 9.26. The van der Waals surface area contributed by atoms with E-state index in [1.807, 2.05) is 32.0 Å². The van der Waals surface area contributed by atoms with E-state index in [9.17, 15) is 14.4 Å². The first-order chi connectivity index (χ1) is 16.4. The highest BCUT2D eigenvalue weighted by atomic mass is 32.1. The van der Waals surface area contributed by atoms with Gasteiger partial charge in [-0.15, -0.1) is 0 Å². The van der Waals surface area contributed by atoms with Crippen molar-refractivity contribution in [1.29, 1.82) is 0 Å². The maximum absolute atomic E-state index is 13.1. The fourth-order valence-corrected chi connectivity index (χ4v) is 5.30. The number of fused-ring (bicyclic) bond motifs is 1. The molecule has 3 aromatic rings. The second kappa shape index (κ2) is 9.17. The molecule has 10 heteroatoms. The third kappa shape index (κ3) is 4.82. The van der Waals surface area contributed by atoms with E-state index >= 15 is 0 Å². The van der Waals surface area contributed by atoms with Gasteiger partial charge in [0.1, 0.15) is 17.6 Å². The summed E-state index contributed by atoms with van der Waals surface area (Å²) < 4.78 is 1.73. The molecule has 2 fully saturated rings. The molecule has 2 aliphatic rings. The summed E-state index contributed by atoms with van der Waals surface area (Å²) in [6.07, 6.45) is 5.27. The van der Waals surface area contributed by atoms with Crippen LogP contribution < -0.4 is 21.1 Å². The van der Waals surface area contributed by atoms with Gasteiger partial charge in [-0.2, -0.15) is 4.98 Å². The van der Waals surface area contributed by atoms with Crippen LogP contribution in [0.1, 0.15) is 36.8 Å². The Morgan fingerprint density at radius 2 is 2.03 bits per heavy atom. The van der Waals surface area contributed by atoms with Gasteiger partial charge in [-0.05, 0) is 51.2 Å². The molecule has 0 radical (unpaired) electrons. The van der Waals surface area contributed by atoms with Crippen LogP contribution in [0.15, 0.2) is 29.3 Å². The first kappa shape index (κ1) is 22.5. The predicted molar refractivity (Wildman–Crippen MR) is 132 cm³/mol. The molecule has 2 aromatic heterocycles. The van der Waals surface area contributed by atoms with Crippen LogP contribution in [0.25, 0.3) is 10.3 Å². The zero-order valence-electron chi connectivity index (χ0n) is 19.3. The molecular formula is C24H28N6O3S. The number of rotatable bonds is 6. The molecule has 0 spiro atoms. The van der Waals surface area contributed by atoms with Crippen molar-refractivity contribution in [2.75, 3.05) is 23.3 Å². The Balaban J connectivity index is 1.30. The van der Waals surface area contributed by atoms with Gasteiger partial charge in [0, 0.05) is 24.8 Å². The van der Waals surface area contributed by atoms with E-state index in [4.69, 9.17) is 0 Å². The van der Waals surface area contributed by atoms with E-state index in [2.05, 4.69) is 25.5 Å². The van der Waals surface area contributed by atoms with E-state index in [1.54, 1.807) is 0 Å². The van der Waals surface area contributed by atoms with Gasteiger partial charge in [0.2, 0.25) is 11.8 Å². The largest absolute Gasteiger partial charge is 0.353 e. The molecule has 1 atom stereocenters. The second-order valence-corrected chi connectivity index (χ2v) is 10.2. The minimum absolute atomic E-state index is 0.0695. The Kier molecular flexibility index (Phi) is 6.07. The lowest BCUT2D eigenvalue weighted by Crippen LogP contribution is -2.43. The van der Waals surface area contributed by atoms with E-state index in [0.717, 1.165) is 49.0 Å². The maximum atomic E-state index is 13.1. The molecule has 34 heavy (non-hydrogen) atoms. The Morgan fingerprint density at radius 3 is 2.79 bits per heavy atom. The third-order valence-corrected chi connectivity index (χ3v) is 7.42. The monoisotopic (exact) mass is 480 g/mol. The van der Waals surface area contributed by atoms with Crippen LogP contribution in [0.5, 0.6) is 0 Å². The number of carbonyl (C=O) groups is 2. The van der Waals surface area contributed by atoms with Crippen LogP contribution in [-0.4, -0.2) is 45.5 Å². The normalized spacial score (nSPS) is 18.2. The molecule has 3 heterocycles. The van der Waals surface area contributed by atoms with Crippen LogP contribution in [0.3, 0.4) is 0 Å². The molecule has 1 aliphatic heterocycles. The lowest BCUT2D eigenvalue weighted by atomic mass is 9.97. The highest BCUT2D eigenvalue weighted by Crippen LogP contribution is 2.30. The lowest BCUT2D eigenvalue weighted by molar-refractivity contribution is -0.125. The zero-order chi connectivity index (χ0) is 23.8. The van der Waals surface area contributed by atoms with Gasteiger partial charge in [0.25, 0.3) is 5.56 Å². The van der Waals surface area contributed by atoms with Crippen LogP contribution in [-0.2, 0) is 16.1 Å². The van der Waals surface area contributed by atoms with E-state index in [1.165, 1.54) is 22.2 Å². The van der Waals surface area contributed by atoms with Gasteiger partial charge in [0.05, 0.1) is 5.92 Å². The number of aryl methyl sites for hydroxylation is 2. The molecule has 2 amide bonds. The van der Waals surface area contributed by atoms with Crippen molar-refractivity contribution >= 4 is 44.3 Å². The first-order valence-electron chi connectivity index (χ1n) is 11.7. The maximum Gasteiger partial charge on any atom is 0.273 e. The quantitative estimate of drug-likeness (QED) is 0.561. The lowest BCUT2D eigenvalue weighted by Gasteiger charge is -2.31. The molecule has 9 nitrogen and oxygen atoms in total. The average Bonchev–Trinajstić information content (AvgIpc) is 3.52. The standard InChI is InChI=1S/C24H28N6O3S/c1-14-5-8-18(15(2)10-14)27-19(31)12-30-13-25-21-20(23(30)33)34-24(28-21)29-9-3-4-16(11-29)22(32)26-17-6-7-17/h5,8,10,13,16-17H,3-4,6-7,9,11-12H2,1-2H3,(H,26,32)(H,27,31)/t16-/m0/s1. The minimum atomic E-state index is -0.291. The molecule has 0 bridgehead atoms. The van der Waals surface area contributed by atoms with Gasteiger partial charge in [-0.1, -0.05) is 29.0 Å². The summed E-state index contributed by atoms with van der Waals surface area (Å²) in [6.45, 7) is 5.18. The Morgan fingerprint density at radius 1 is 1.21 bits per heavy atom. The number of piperidine rings is 1. The summed E-state index contributed by atoms with van der Waals surface area (Å²) in [4.78, 5) is 49.1.